The van der Waals surface area contributed by atoms with Crippen molar-refractivity contribution in [2.45, 2.75) is 32.6 Å². The third kappa shape index (κ3) is 3.14. The predicted molar refractivity (Wildman–Crippen MR) is 89.9 cm³/mol. The molecule has 2 atom stereocenters. The van der Waals surface area contributed by atoms with Crippen LogP contribution in [-0.2, 0) is 20.8 Å². The molecular weight excluding hydrogens is 308 g/mol. The number of carbonyl (C=O) groups excluding carboxylic acids is 2. The Morgan fingerprint density at radius 2 is 1.88 bits per heavy atom. The minimum Gasteiger partial charge on any atom is -0.465 e. The van der Waals surface area contributed by atoms with Crippen LogP contribution in [0.3, 0.4) is 0 Å². The van der Waals surface area contributed by atoms with E-state index >= 15 is 0 Å². The molecular formula is C18H22N2O4. The van der Waals surface area contributed by atoms with Crippen LogP contribution >= 0.6 is 0 Å². The number of fused-ring (bicyclic) bond motifs is 1. The van der Waals surface area contributed by atoms with Crippen LogP contribution in [0, 0.1) is 0 Å². The van der Waals surface area contributed by atoms with Gasteiger partial charge in [0.2, 0.25) is 5.91 Å². The first kappa shape index (κ1) is 16.5. The van der Waals surface area contributed by atoms with E-state index in [2.05, 4.69) is 0 Å². The first-order chi connectivity index (χ1) is 11.5. The molecule has 2 heterocycles. The fourth-order valence-corrected chi connectivity index (χ4v) is 3.28. The number of para-hydroxylation sites is 1. The summed E-state index contributed by atoms with van der Waals surface area (Å²) >= 11 is 0. The van der Waals surface area contributed by atoms with Gasteiger partial charge in [0, 0.05) is 30.2 Å². The number of rotatable bonds is 3. The molecule has 1 aromatic carbocycles. The fraction of sp³-hybridized carbons (Fsp3) is 0.444. The number of carbonyl (C=O) groups is 2. The number of methoxy groups -OCH3 is 1. The molecule has 2 unspecified atom stereocenters. The average Bonchev–Trinajstić information content (AvgIpc) is 2.92. The standard InChI is InChI=1S/C18H22N2O4/c1-12-8-20(9-13(2)24-12)17(21)11-19-10-15(18(22)23-3)14-6-4-5-7-16(14)19/h4-7,10,12-13H,8-9,11H2,1-3H3. The SMILES string of the molecule is COC(=O)c1cn(CC(=O)N2CC(C)OC(C)C2)c2ccccc12. The Balaban J connectivity index is 1.87. The highest BCUT2D eigenvalue weighted by Gasteiger charge is 2.26. The molecule has 2 aromatic rings. The molecule has 24 heavy (non-hydrogen) atoms. The van der Waals surface area contributed by atoms with E-state index < -0.39 is 5.97 Å². The van der Waals surface area contributed by atoms with Crippen molar-refractivity contribution < 1.29 is 19.1 Å². The van der Waals surface area contributed by atoms with E-state index in [1.807, 2.05) is 47.6 Å². The Hall–Kier alpha value is -2.34. The van der Waals surface area contributed by atoms with E-state index in [-0.39, 0.29) is 24.7 Å². The highest BCUT2D eigenvalue weighted by molar-refractivity contribution is 6.04. The van der Waals surface area contributed by atoms with E-state index in [4.69, 9.17) is 9.47 Å². The summed E-state index contributed by atoms with van der Waals surface area (Å²) in [5.41, 5.74) is 1.32. The van der Waals surface area contributed by atoms with Crippen molar-refractivity contribution in [2.75, 3.05) is 20.2 Å². The molecule has 0 N–H and O–H groups in total. The molecule has 3 rings (SSSR count). The summed E-state index contributed by atoms with van der Waals surface area (Å²) in [6.07, 6.45) is 1.76. The normalized spacial score (nSPS) is 21.0. The van der Waals surface area contributed by atoms with E-state index in [1.54, 1.807) is 6.20 Å². The van der Waals surface area contributed by atoms with Gasteiger partial charge in [-0.15, -0.1) is 0 Å². The van der Waals surface area contributed by atoms with Crippen LogP contribution in [0.5, 0.6) is 0 Å². The van der Waals surface area contributed by atoms with Gasteiger partial charge in [0.15, 0.2) is 0 Å². The molecule has 6 heteroatoms. The second-order valence-corrected chi connectivity index (χ2v) is 6.24. The van der Waals surface area contributed by atoms with Crippen LogP contribution in [-0.4, -0.2) is 53.8 Å². The number of aromatic nitrogens is 1. The predicted octanol–water partition coefficient (Wildman–Crippen LogP) is 2.06. The number of benzene rings is 1. The van der Waals surface area contributed by atoms with Crippen LogP contribution < -0.4 is 0 Å². The average molecular weight is 330 g/mol. The second-order valence-electron chi connectivity index (χ2n) is 6.24. The van der Waals surface area contributed by atoms with Gasteiger partial charge >= 0.3 is 5.97 Å². The first-order valence-corrected chi connectivity index (χ1v) is 8.09. The Bertz CT molecular complexity index is 757. The Morgan fingerprint density at radius 3 is 2.54 bits per heavy atom. The lowest BCUT2D eigenvalue weighted by Crippen LogP contribution is -2.49. The minimum absolute atomic E-state index is 0.0224. The molecule has 0 spiro atoms. The summed E-state index contributed by atoms with van der Waals surface area (Å²) in [5, 5.41) is 0.792. The van der Waals surface area contributed by atoms with Crippen LogP contribution in [0.1, 0.15) is 24.2 Å². The Kier molecular flexibility index (Phi) is 4.57. The van der Waals surface area contributed by atoms with Crippen molar-refractivity contribution in [2.24, 2.45) is 0 Å². The van der Waals surface area contributed by atoms with Crippen molar-refractivity contribution in [3.8, 4) is 0 Å². The van der Waals surface area contributed by atoms with E-state index in [1.165, 1.54) is 7.11 Å². The van der Waals surface area contributed by atoms with Gasteiger partial charge in [-0.25, -0.2) is 4.79 Å². The lowest BCUT2D eigenvalue weighted by Gasteiger charge is -2.35. The summed E-state index contributed by atoms with van der Waals surface area (Å²) in [6, 6.07) is 7.52. The van der Waals surface area contributed by atoms with Crippen LogP contribution in [0.4, 0.5) is 0 Å². The monoisotopic (exact) mass is 330 g/mol. The van der Waals surface area contributed by atoms with Gasteiger partial charge in [-0.3, -0.25) is 4.79 Å². The van der Waals surface area contributed by atoms with Crippen molar-refractivity contribution in [3.63, 3.8) is 0 Å². The van der Waals surface area contributed by atoms with Gasteiger partial charge in [-0.1, -0.05) is 18.2 Å². The minimum atomic E-state index is -0.397. The Labute approximate surface area is 140 Å². The van der Waals surface area contributed by atoms with E-state index in [0.29, 0.717) is 18.7 Å². The summed E-state index contributed by atoms with van der Waals surface area (Å²) in [4.78, 5) is 26.5. The molecule has 1 saturated heterocycles. The highest BCUT2D eigenvalue weighted by Crippen LogP contribution is 2.22. The molecule has 6 nitrogen and oxygen atoms in total. The van der Waals surface area contributed by atoms with Gasteiger partial charge in [-0.05, 0) is 19.9 Å². The largest absolute Gasteiger partial charge is 0.465 e. The maximum atomic E-state index is 12.7. The Morgan fingerprint density at radius 1 is 1.21 bits per heavy atom. The smallest absolute Gasteiger partial charge is 0.340 e. The third-order valence-corrected chi connectivity index (χ3v) is 4.27. The van der Waals surface area contributed by atoms with Gasteiger partial charge in [0.25, 0.3) is 0 Å². The molecule has 0 aliphatic carbocycles. The maximum absolute atomic E-state index is 12.7. The molecule has 0 saturated carbocycles. The molecule has 1 aliphatic heterocycles. The zero-order valence-electron chi connectivity index (χ0n) is 14.2. The number of ether oxygens (including phenoxy) is 2. The van der Waals surface area contributed by atoms with Crippen molar-refractivity contribution in [1.29, 1.82) is 0 Å². The van der Waals surface area contributed by atoms with Crippen molar-refractivity contribution in [1.82, 2.24) is 9.47 Å². The summed E-state index contributed by atoms with van der Waals surface area (Å²) in [5.74, 6) is -0.375. The third-order valence-electron chi connectivity index (χ3n) is 4.27. The van der Waals surface area contributed by atoms with Crippen LogP contribution in [0.15, 0.2) is 30.5 Å². The molecule has 0 radical (unpaired) electrons. The summed E-state index contributed by atoms with van der Waals surface area (Å²) in [7, 11) is 1.36. The van der Waals surface area contributed by atoms with Gasteiger partial charge in [0.05, 0.1) is 24.9 Å². The zero-order chi connectivity index (χ0) is 17.3. The number of nitrogens with zero attached hydrogens (tertiary/aromatic N) is 2. The molecule has 0 bridgehead atoms. The summed E-state index contributed by atoms with van der Waals surface area (Å²) in [6.45, 7) is 5.31. The second kappa shape index (κ2) is 6.65. The molecule has 128 valence electrons. The van der Waals surface area contributed by atoms with Crippen molar-refractivity contribution >= 4 is 22.8 Å². The lowest BCUT2D eigenvalue weighted by atomic mass is 10.2. The molecule has 1 aromatic heterocycles. The summed E-state index contributed by atoms with van der Waals surface area (Å²) < 4.78 is 12.3. The van der Waals surface area contributed by atoms with Crippen LogP contribution in [0.2, 0.25) is 0 Å². The van der Waals surface area contributed by atoms with Crippen LogP contribution in [0.25, 0.3) is 10.9 Å². The lowest BCUT2D eigenvalue weighted by molar-refractivity contribution is -0.143. The number of morpholine rings is 1. The van der Waals surface area contributed by atoms with Gasteiger partial charge in [-0.2, -0.15) is 0 Å². The fourth-order valence-electron chi connectivity index (χ4n) is 3.28. The molecule has 1 fully saturated rings. The van der Waals surface area contributed by atoms with E-state index in [9.17, 15) is 9.59 Å². The molecule has 1 aliphatic rings. The first-order valence-electron chi connectivity index (χ1n) is 8.09. The van der Waals surface area contributed by atoms with E-state index in [0.717, 1.165) is 10.9 Å². The quantitative estimate of drug-likeness (QED) is 0.808. The van der Waals surface area contributed by atoms with Gasteiger partial charge < -0.3 is 18.9 Å². The molecule has 1 amide bonds. The van der Waals surface area contributed by atoms with Gasteiger partial charge in [0.1, 0.15) is 6.54 Å². The highest BCUT2D eigenvalue weighted by atomic mass is 16.5. The number of esters is 1. The number of amides is 1. The topological polar surface area (TPSA) is 60.8 Å². The zero-order valence-corrected chi connectivity index (χ0v) is 14.2. The number of hydrogen-bond acceptors (Lipinski definition) is 4. The number of hydrogen-bond donors (Lipinski definition) is 0. The van der Waals surface area contributed by atoms with Crippen molar-refractivity contribution in [3.05, 3.63) is 36.0 Å². The maximum Gasteiger partial charge on any atom is 0.340 e.